The van der Waals surface area contributed by atoms with E-state index in [1.165, 1.54) is 6.42 Å². The van der Waals surface area contributed by atoms with Crippen LogP contribution in [0.5, 0.6) is 0 Å². The van der Waals surface area contributed by atoms with Gasteiger partial charge in [-0.1, -0.05) is 24.3 Å². The largest absolute Gasteiger partial charge is 0.256 e. The number of benzene rings is 1. The molecule has 1 aromatic heterocycles. The number of aromatic nitrogens is 1. The van der Waals surface area contributed by atoms with E-state index in [2.05, 4.69) is 4.98 Å². The summed E-state index contributed by atoms with van der Waals surface area (Å²) in [6.07, 6.45) is 3.28. The second-order valence-electron chi connectivity index (χ2n) is 3.11. The quantitative estimate of drug-likeness (QED) is 0.735. The van der Waals surface area contributed by atoms with Crippen molar-refractivity contribution < 1.29 is 0 Å². The number of pyridine rings is 1. The molecule has 0 aliphatic heterocycles. The third-order valence-electron chi connectivity index (χ3n) is 2.08. The van der Waals surface area contributed by atoms with Crippen molar-refractivity contribution in [2.45, 2.75) is 0 Å². The van der Waals surface area contributed by atoms with Crippen LogP contribution in [-0.4, -0.2) is 4.98 Å². The van der Waals surface area contributed by atoms with Crippen molar-refractivity contribution >= 4 is 0 Å². The highest BCUT2D eigenvalue weighted by atomic mass is 14.7. The molecule has 0 spiro atoms. The summed E-state index contributed by atoms with van der Waals surface area (Å²) in [6.45, 7) is 0. The van der Waals surface area contributed by atoms with Gasteiger partial charge in [0.1, 0.15) is 0 Å². The van der Waals surface area contributed by atoms with Crippen LogP contribution in [0.15, 0.2) is 48.7 Å². The Morgan fingerprint density at radius 2 is 2.07 bits per heavy atom. The lowest BCUT2D eigenvalue weighted by molar-refractivity contribution is 1.32. The molecule has 2 nitrogen and oxygen atoms in total. The van der Waals surface area contributed by atoms with Gasteiger partial charge < -0.3 is 0 Å². The summed E-state index contributed by atoms with van der Waals surface area (Å²) in [5.74, 6) is 0. The highest BCUT2D eigenvalue weighted by molar-refractivity contribution is 5.60. The number of rotatable bonds is 2. The van der Waals surface area contributed by atoms with E-state index in [9.17, 15) is 0 Å². The van der Waals surface area contributed by atoms with E-state index >= 15 is 0 Å². The summed E-state index contributed by atoms with van der Waals surface area (Å²) in [6, 6.07) is 15.6. The van der Waals surface area contributed by atoms with Crippen LogP contribution in [0.4, 0.5) is 0 Å². The monoisotopic (exact) mass is 193 g/mol. The van der Waals surface area contributed by atoms with Crippen molar-refractivity contribution in [3.8, 4) is 17.3 Å². The SMILES string of the molecule is N#C[CH]c1cccc(-c2ccccn2)c1. The van der Waals surface area contributed by atoms with Gasteiger partial charge in [0.2, 0.25) is 0 Å². The van der Waals surface area contributed by atoms with Gasteiger partial charge in [-0.2, -0.15) is 5.26 Å². The maximum absolute atomic E-state index is 8.56. The lowest BCUT2D eigenvalue weighted by Gasteiger charge is -2.01. The number of nitrogens with zero attached hydrogens (tertiary/aromatic N) is 2. The molecule has 2 heteroatoms. The van der Waals surface area contributed by atoms with Crippen molar-refractivity contribution in [1.82, 2.24) is 4.98 Å². The van der Waals surface area contributed by atoms with Gasteiger partial charge in [-0.3, -0.25) is 4.98 Å². The van der Waals surface area contributed by atoms with Crippen LogP contribution in [0.2, 0.25) is 0 Å². The second kappa shape index (κ2) is 4.39. The number of hydrogen-bond acceptors (Lipinski definition) is 2. The van der Waals surface area contributed by atoms with Gasteiger partial charge in [0.25, 0.3) is 0 Å². The summed E-state index contributed by atoms with van der Waals surface area (Å²) in [5.41, 5.74) is 2.85. The van der Waals surface area contributed by atoms with Crippen LogP contribution in [0.3, 0.4) is 0 Å². The fourth-order valence-corrected chi connectivity index (χ4v) is 1.40. The van der Waals surface area contributed by atoms with Crippen molar-refractivity contribution in [2.24, 2.45) is 0 Å². The van der Waals surface area contributed by atoms with Crippen LogP contribution in [0.25, 0.3) is 11.3 Å². The zero-order chi connectivity index (χ0) is 10.5. The predicted octanol–water partition coefficient (Wildman–Crippen LogP) is 2.82. The molecule has 0 aliphatic carbocycles. The van der Waals surface area contributed by atoms with Gasteiger partial charge >= 0.3 is 0 Å². The minimum atomic E-state index is 0.903. The first-order valence-electron chi connectivity index (χ1n) is 4.64. The Kier molecular flexibility index (Phi) is 2.75. The lowest BCUT2D eigenvalue weighted by atomic mass is 10.1. The molecule has 0 aliphatic rings. The van der Waals surface area contributed by atoms with Gasteiger partial charge in [-0.05, 0) is 23.8 Å². The summed E-state index contributed by atoms with van der Waals surface area (Å²) < 4.78 is 0. The second-order valence-corrected chi connectivity index (χ2v) is 3.11. The zero-order valence-electron chi connectivity index (χ0n) is 8.09. The first-order chi connectivity index (χ1) is 7.40. The Morgan fingerprint density at radius 3 is 2.80 bits per heavy atom. The molecule has 0 atom stereocenters. The molecule has 0 bridgehead atoms. The highest BCUT2D eigenvalue weighted by Crippen LogP contribution is 2.18. The maximum Gasteiger partial charge on any atom is 0.0912 e. The summed E-state index contributed by atoms with van der Waals surface area (Å²) >= 11 is 0. The van der Waals surface area contributed by atoms with E-state index in [0.717, 1.165) is 16.8 Å². The van der Waals surface area contributed by atoms with Crippen LogP contribution in [0, 0.1) is 17.8 Å². The maximum atomic E-state index is 8.56. The molecule has 0 fully saturated rings. The van der Waals surface area contributed by atoms with Gasteiger partial charge in [0.15, 0.2) is 0 Å². The summed E-state index contributed by atoms with van der Waals surface area (Å²) in [4.78, 5) is 4.25. The van der Waals surface area contributed by atoms with E-state index < -0.39 is 0 Å². The Morgan fingerprint density at radius 1 is 1.13 bits per heavy atom. The average Bonchev–Trinajstić information content (AvgIpc) is 2.31. The summed E-state index contributed by atoms with van der Waals surface area (Å²) in [7, 11) is 0. The Hall–Kier alpha value is -2.14. The Balaban J connectivity index is 2.38. The molecule has 2 rings (SSSR count). The van der Waals surface area contributed by atoms with Crippen LogP contribution < -0.4 is 0 Å². The topological polar surface area (TPSA) is 36.7 Å². The number of hydrogen-bond donors (Lipinski definition) is 0. The summed E-state index contributed by atoms with van der Waals surface area (Å²) in [5, 5.41) is 8.56. The Labute approximate surface area is 88.8 Å². The molecule has 0 saturated heterocycles. The molecule has 1 radical (unpaired) electrons. The molecular weight excluding hydrogens is 184 g/mol. The third kappa shape index (κ3) is 2.21. The average molecular weight is 193 g/mol. The third-order valence-corrected chi connectivity index (χ3v) is 2.08. The minimum absolute atomic E-state index is 0.903. The molecular formula is C13H9N2. The molecule has 0 unspecified atom stereocenters. The van der Waals surface area contributed by atoms with Crippen molar-refractivity contribution in [1.29, 1.82) is 5.26 Å². The van der Waals surface area contributed by atoms with Gasteiger partial charge in [-0.25, -0.2) is 0 Å². The van der Waals surface area contributed by atoms with E-state index in [1.54, 1.807) is 6.20 Å². The Bertz CT molecular complexity index is 483. The van der Waals surface area contributed by atoms with E-state index in [-0.39, 0.29) is 0 Å². The highest BCUT2D eigenvalue weighted by Gasteiger charge is 1.99. The van der Waals surface area contributed by atoms with Crippen molar-refractivity contribution in [3.63, 3.8) is 0 Å². The van der Waals surface area contributed by atoms with Crippen LogP contribution in [-0.2, 0) is 0 Å². The standard InChI is InChI=1S/C13H9N2/c14-8-7-11-4-3-5-12(10-11)13-6-1-2-9-15-13/h1-7,9-10H. The predicted molar refractivity (Wildman–Crippen MR) is 58.7 cm³/mol. The molecule has 0 N–H and O–H groups in total. The van der Waals surface area contributed by atoms with E-state index in [0.29, 0.717) is 0 Å². The minimum Gasteiger partial charge on any atom is -0.256 e. The van der Waals surface area contributed by atoms with Gasteiger partial charge in [-0.15, -0.1) is 0 Å². The van der Waals surface area contributed by atoms with Crippen LogP contribution >= 0.6 is 0 Å². The van der Waals surface area contributed by atoms with E-state index in [4.69, 9.17) is 5.26 Å². The van der Waals surface area contributed by atoms with Gasteiger partial charge in [0.05, 0.1) is 18.2 Å². The zero-order valence-corrected chi connectivity index (χ0v) is 8.09. The fraction of sp³-hybridized carbons (Fsp3) is 0. The number of nitriles is 1. The molecule has 15 heavy (non-hydrogen) atoms. The molecule has 0 amide bonds. The molecule has 71 valence electrons. The lowest BCUT2D eigenvalue weighted by Crippen LogP contribution is -1.84. The molecule has 2 aromatic rings. The van der Waals surface area contributed by atoms with E-state index in [1.807, 2.05) is 48.5 Å². The van der Waals surface area contributed by atoms with Crippen molar-refractivity contribution in [2.75, 3.05) is 0 Å². The smallest absolute Gasteiger partial charge is 0.0912 e. The molecule has 1 aromatic carbocycles. The first kappa shape index (κ1) is 9.42. The van der Waals surface area contributed by atoms with Crippen LogP contribution in [0.1, 0.15) is 5.56 Å². The van der Waals surface area contributed by atoms with Gasteiger partial charge in [0, 0.05) is 11.8 Å². The van der Waals surface area contributed by atoms with Crippen molar-refractivity contribution in [3.05, 3.63) is 60.6 Å². The molecule has 1 heterocycles. The first-order valence-corrected chi connectivity index (χ1v) is 4.64. The molecule has 0 saturated carbocycles. The fourth-order valence-electron chi connectivity index (χ4n) is 1.40. The normalized spacial score (nSPS) is 9.53.